The molecule has 0 heterocycles. The van der Waals surface area contributed by atoms with Gasteiger partial charge in [-0.3, -0.25) is 4.79 Å². The van der Waals surface area contributed by atoms with Crippen molar-refractivity contribution in [1.29, 1.82) is 0 Å². The molecule has 1 saturated carbocycles. The van der Waals surface area contributed by atoms with E-state index in [1.165, 1.54) is 11.3 Å². The first-order valence-corrected chi connectivity index (χ1v) is 6.86. The Morgan fingerprint density at radius 1 is 1.22 bits per heavy atom. The molecule has 18 heavy (non-hydrogen) atoms. The van der Waals surface area contributed by atoms with Gasteiger partial charge in [-0.05, 0) is 44.4 Å². The Morgan fingerprint density at radius 2 is 1.83 bits per heavy atom. The van der Waals surface area contributed by atoms with Crippen molar-refractivity contribution in [3.63, 3.8) is 0 Å². The molecule has 1 amide bonds. The number of amides is 1. The van der Waals surface area contributed by atoms with Crippen molar-refractivity contribution in [1.82, 2.24) is 5.32 Å². The normalized spacial score (nSPS) is 14.3. The van der Waals surface area contributed by atoms with Gasteiger partial charge in [0.2, 0.25) is 5.91 Å². The third-order valence-electron chi connectivity index (χ3n) is 3.48. The smallest absolute Gasteiger partial charge is 0.223 e. The standard InChI is InChI=1S/C15H22N2O/c1-3-17(4-2)14-9-5-12(6-10-14)11-16-15(18)13-7-8-13/h5-6,9-10,13H,3-4,7-8,11H2,1-2H3,(H,16,18). The van der Waals surface area contributed by atoms with E-state index < -0.39 is 0 Å². The highest BCUT2D eigenvalue weighted by atomic mass is 16.2. The summed E-state index contributed by atoms with van der Waals surface area (Å²) in [5, 5.41) is 2.99. The van der Waals surface area contributed by atoms with Crippen molar-refractivity contribution in [3.05, 3.63) is 29.8 Å². The van der Waals surface area contributed by atoms with Crippen LogP contribution in [0.2, 0.25) is 0 Å². The summed E-state index contributed by atoms with van der Waals surface area (Å²) in [6, 6.07) is 8.46. The number of benzene rings is 1. The van der Waals surface area contributed by atoms with E-state index in [1.807, 2.05) is 0 Å². The van der Waals surface area contributed by atoms with Crippen LogP contribution >= 0.6 is 0 Å². The van der Waals surface area contributed by atoms with Gasteiger partial charge in [-0.25, -0.2) is 0 Å². The fraction of sp³-hybridized carbons (Fsp3) is 0.533. The van der Waals surface area contributed by atoms with Crippen molar-refractivity contribution in [2.45, 2.75) is 33.2 Å². The molecule has 1 aromatic carbocycles. The molecule has 0 spiro atoms. The summed E-state index contributed by atoms with van der Waals surface area (Å²) in [6.45, 7) is 7.01. The third kappa shape index (κ3) is 3.25. The molecule has 1 aliphatic carbocycles. The Hall–Kier alpha value is -1.51. The zero-order valence-corrected chi connectivity index (χ0v) is 11.3. The molecule has 3 nitrogen and oxygen atoms in total. The molecule has 0 unspecified atom stereocenters. The molecule has 1 N–H and O–H groups in total. The van der Waals surface area contributed by atoms with Crippen LogP contribution in [0.15, 0.2) is 24.3 Å². The van der Waals surface area contributed by atoms with Crippen molar-refractivity contribution in [3.8, 4) is 0 Å². The number of carbonyl (C=O) groups is 1. The lowest BCUT2D eigenvalue weighted by atomic mass is 10.2. The minimum Gasteiger partial charge on any atom is -0.372 e. The average molecular weight is 246 g/mol. The van der Waals surface area contributed by atoms with Crippen LogP contribution in [-0.4, -0.2) is 19.0 Å². The maximum atomic E-state index is 11.5. The highest BCUT2D eigenvalue weighted by molar-refractivity contribution is 5.80. The second-order valence-corrected chi connectivity index (χ2v) is 4.83. The zero-order chi connectivity index (χ0) is 13.0. The summed E-state index contributed by atoms with van der Waals surface area (Å²) in [7, 11) is 0. The zero-order valence-electron chi connectivity index (χ0n) is 11.3. The van der Waals surface area contributed by atoms with E-state index >= 15 is 0 Å². The summed E-state index contributed by atoms with van der Waals surface area (Å²) < 4.78 is 0. The van der Waals surface area contributed by atoms with Crippen LogP contribution in [0.5, 0.6) is 0 Å². The minimum absolute atomic E-state index is 0.211. The van der Waals surface area contributed by atoms with E-state index in [-0.39, 0.29) is 5.91 Å². The minimum atomic E-state index is 0.211. The highest BCUT2D eigenvalue weighted by Gasteiger charge is 2.29. The first-order valence-electron chi connectivity index (χ1n) is 6.86. The molecular formula is C15H22N2O. The number of rotatable bonds is 6. The summed E-state index contributed by atoms with van der Waals surface area (Å²) in [6.07, 6.45) is 2.12. The molecule has 1 fully saturated rings. The van der Waals surface area contributed by atoms with Gasteiger partial charge < -0.3 is 10.2 Å². The second kappa shape index (κ2) is 5.89. The Labute approximate surface area is 109 Å². The van der Waals surface area contributed by atoms with Gasteiger partial charge in [-0.15, -0.1) is 0 Å². The molecule has 0 aromatic heterocycles. The van der Waals surface area contributed by atoms with Gasteiger partial charge in [-0.2, -0.15) is 0 Å². The summed E-state index contributed by atoms with van der Waals surface area (Å²) >= 11 is 0. The molecule has 3 heteroatoms. The summed E-state index contributed by atoms with van der Waals surface area (Å²) in [5.74, 6) is 0.503. The molecule has 98 valence electrons. The van der Waals surface area contributed by atoms with Gasteiger partial charge in [-0.1, -0.05) is 12.1 Å². The van der Waals surface area contributed by atoms with Gasteiger partial charge in [0.25, 0.3) is 0 Å². The Bertz CT molecular complexity index is 391. The van der Waals surface area contributed by atoms with Crippen molar-refractivity contribution in [2.75, 3.05) is 18.0 Å². The SMILES string of the molecule is CCN(CC)c1ccc(CNC(=O)C2CC2)cc1. The van der Waals surface area contributed by atoms with Crippen LogP contribution in [0.4, 0.5) is 5.69 Å². The van der Waals surface area contributed by atoms with Gasteiger partial charge in [0, 0.05) is 31.2 Å². The number of nitrogens with one attached hydrogen (secondary N) is 1. The second-order valence-electron chi connectivity index (χ2n) is 4.83. The lowest BCUT2D eigenvalue weighted by molar-refractivity contribution is -0.122. The maximum Gasteiger partial charge on any atom is 0.223 e. The average Bonchev–Trinajstić information content (AvgIpc) is 3.23. The predicted molar refractivity (Wildman–Crippen MR) is 74.6 cm³/mol. The number of hydrogen-bond acceptors (Lipinski definition) is 2. The van der Waals surface area contributed by atoms with E-state index in [1.54, 1.807) is 0 Å². The first kappa shape index (κ1) is 12.9. The Kier molecular flexibility index (Phi) is 4.24. The molecule has 0 saturated heterocycles. The number of hydrogen-bond donors (Lipinski definition) is 1. The van der Waals surface area contributed by atoms with Gasteiger partial charge in [0.1, 0.15) is 0 Å². The van der Waals surface area contributed by atoms with Gasteiger partial charge in [0.05, 0.1) is 0 Å². The van der Waals surface area contributed by atoms with Crippen LogP contribution in [0.25, 0.3) is 0 Å². The first-order chi connectivity index (χ1) is 8.74. The lowest BCUT2D eigenvalue weighted by Gasteiger charge is -2.21. The monoisotopic (exact) mass is 246 g/mol. The van der Waals surface area contributed by atoms with E-state index in [9.17, 15) is 4.79 Å². The van der Waals surface area contributed by atoms with Crippen molar-refractivity contribution < 1.29 is 4.79 Å². The molecule has 0 bridgehead atoms. The largest absolute Gasteiger partial charge is 0.372 e. The molecule has 1 aromatic rings. The number of anilines is 1. The lowest BCUT2D eigenvalue weighted by Crippen LogP contribution is -2.24. The van der Waals surface area contributed by atoms with E-state index in [4.69, 9.17) is 0 Å². The third-order valence-corrected chi connectivity index (χ3v) is 3.48. The molecule has 0 radical (unpaired) electrons. The predicted octanol–water partition coefficient (Wildman–Crippen LogP) is 2.56. The Morgan fingerprint density at radius 3 is 2.33 bits per heavy atom. The fourth-order valence-electron chi connectivity index (χ4n) is 2.09. The van der Waals surface area contributed by atoms with Crippen LogP contribution in [0.3, 0.4) is 0 Å². The van der Waals surface area contributed by atoms with Crippen LogP contribution < -0.4 is 10.2 Å². The van der Waals surface area contributed by atoms with Gasteiger partial charge in [0.15, 0.2) is 0 Å². The van der Waals surface area contributed by atoms with Crippen LogP contribution in [0.1, 0.15) is 32.3 Å². The molecule has 1 aliphatic rings. The maximum absolute atomic E-state index is 11.5. The molecular weight excluding hydrogens is 224 g/mol. The quantitative estimate of drug-likeness (QED) is 0.836. The molecule has 2 rings (SSSR count). The van der Waals surface area contributed by atoms with E-state index in [0.29, 0.717) is 12.5 Å². The Balaban J connectivity index is 1.88. The number of nitrogens with zero attached hydrogens (tertiary/aromatic N) is 1. The fourth-order valence-corrected chi connectivity index (χ4v) is 2.09. The van der Waals surface area contributed by atoms with Crippen LogP contribution in [-0.2, 0) is 11.3 Å². The highest BCUT2D eigenvalue weighted by Crippen LogP contribution is 2.28. The molecule has 0 aliphatic heterocycles. The topological polar surface area (TPSA) is 32.3 Å². The summed E-state index contributed by atoms with van der Waals surface area (Å²) in [5.41, 5.74) is 2.41. The molecule has 0 atom stereocenters. The van der Waals surface area contributed by atoms with Crippen molar-refractivity contribution in [2.24, 2.45) is 5.92 Å². The van der Waals surface area contributed by atoms with E-state index in [0.717, 1.165) is 25.9 Å². The van der Waals surface area contributed by atoms with Gasteiger partial charge >= 0.3 is 0 Å². The van der Waals surface area contributed by atoms with E-state index in [2.05, 4.69) is 48.3 Å². The van der Waals surface area contributed by atoms with Crippen LogP contribution in [0, 0.1) is 5.92 Å². The van der Waals surface area contributed by atoms with Crippen molar-refractivity contribution >= 4 is 11.6 Å². The number of carbonyl (C=O) groups excluding carboxylic acids is 1. The summed E-state index contributed by atoms with van der Waals surface area (Å²) in [4.78, 5) is 13.8.